The molecule has 5 nitrogen and oxygen atoms in total. The molecule has 5 heteroatoms. The predicted octanol–water partition coefficient (Wildman–Crippen LogP) is 0.900. The maximum absolute atomic E-state index is 11.3. The molecule has 0 atom stereocenters. The number of aromatic amines is 1. The fourth-order valence-corrected chi connectivity index (χ4v) is 1.18. The maximum atomic E-state index is 11.3. The largest absolute Gasteiger partial charge is 0.356 e. The molecule has 0 unspecified atom stereocenters. The summed E-state index contributed by atoms with van der Waals surface area (Å²) in [6.07, 6.45) is 3.71. The number of nitrogens with zero attached hydrogens (tertiary/aromatic N) is 2. The van der Waals surface area contributed by atoms with Gasteiger partial charge in [0.2, 0.25) is 5.91 Å². The van der Waals surface area contributed by atoms with Gasteiger partial charge in [0, 0.05) is 19.4 Å². The monoisotopic (exact) mass is 210 g/mol. The second kappa shape index (κ2) is 6.16. The topological polar surface area (TPSA) is 70.7 Å². The van der Waals surface area contributed by atoms with Crippen LogP contribution in [-0.2, 0) is 11.2 Å². The summed E-state index contributed by atoms with van der Waals surface area (Å²) in [6, 6.07) is 0. The van der Waals surface area contributed by atoms with Crippen molar-refractivity contribution in [3.05, 3.63) is 12.2 Å². The molecule has 1 rings (SSSR count). The third-order valence-corrected chi connectivity index (χ3v) is 2.10. The fraction of sp³-hybridized carbons (Fsp3) is 0.700. The number of carbonyl (C=O) groups is 1. The van der Waals surface area contributed by atoms with Crippen molar-refractivity contribution in [1.29, 1.82) is 0 Å². The first kappa shape index (κ1) is 11.7. The highest BCUT2D eigenvalue weighted by molar-refractivity contribution is 5.75. The van der Waals surface area contributed by atoms with Gasteiger partial charge < -0.3 is 5.32 Å². The van der Waals surface area contributed by atoms with Crippen molar-refractivity contribution in [3.8, 4) is 0 Å². The van der Waals surface area contributed by atoms with Crippen molar-refractivity contribution in [3.63, 3.8) is 0 Å². The molecule has 0 bridgehead atoms. The van der Waals surface area contributed by atoms with Gasteiger partial charge in [-0.3, -0.25) is 9.89 Å². The molecule has 0 saturated heterocycles. The molecule has 0 aromatic carbocycles. The van der Waals surface area contributed by atoms with Gasteiger partial charge in [0.05, 0.1) is 0 Å². The Morgan fingerprint density at radius 3 is 3.00 bits per heavy atom. The summed E-state index contributed by atoms with van der Waals surface area (Å²) in [5, 5.41) is 9.33. The molecule has 0 aliphatic carbocycles. The van der Waals surface area contributed by atoms with E-state index in [-0.39, 0.29) is 5.91 Å². The third kappa shape index (κ3) is 5.15. The summed E-state index contributed by atoms with van der Waals surface area (Å²) in [7, 11) is 0. The van der Waals surface area contributed by atoms with E-state index in [9.17, 15) is 4.79 Å². The van der Waals surface area contributed by atoms with Gasteiger partial charge in [0.15, 0.2) is 0 Å². The lowest BCUT2D eigenvalue weighted by Crippen LogP contribution is -2.25. The first-order valence-electron chi connectivity index (χ1n) is 5.29. The van der Waals surface area contributed by atoms with E-state index in [1.54, 1.807) is 0 Å². The average molecular weight is 210 g/mol. The van der Waals surface area contributed by atoms with E-state index in [0.717, 1.165) is 12.2 Å². The SMILES string of the molecule is CC(C)CCC(=O)NCCc1ncn[nH]1. The van der Waals surface area contributed by atoms with Crippen LogP contribution in [0, 0.1) is 5.92 Å². The number of amides is 1. The van der Waals surface area contributed by atoms with Crippen molar-refractivity contribution in [1.82, 2.24) is 20.5 Å². The fourth-order valence-electron chi connectivity index (χ4n) is 1.18. The quantitative estimate of drug-likeness (QED) is 0.732. The van der Waals surface area contributed by atoms with Crippen molar-refractivity contribution in [2.45, 2.75) is 33.1 Å². The Kier molecular flexibility index (Phi) is 4.80. The Morgan fingerprint density at radius 1 is 1.60 bits per heavy atom. The van der Waals surface area contributed by atoms with Crippen LogP contribution < -0.4 is 5.32 Å². The van der Waals surface area contributed by atoms with Crippen molar-refractivity contribution in [2.75, 3.05) is 6.54 Å². The van der Waals surface area contributed by atoms with Gasteiger partial charge in [-0.1, -0.05) is 13.8 Å². The van der Waals surface area contributed by atoms with E-state index in [1.165, 1.54) is 6.33 Å². The molecule has 1 aromatic heterocycles. The van der Waals surface area contributed by atoms with E-state index in [4.69, 9.17) is 0 Å². The minimum atomic E-state index is 0.114. The minimum absolute atomic E-state index is 0.114. The Morgan fingerprint density at radius 2 is 2.40 bits per heavy atom. The van der Waals surface area contributed by atoms with Gasteiger partial charge in [-0.05, 0) is 12.3 Å². The second-order valence-corrected chi connectivity index (χ2v) is 3.96. The highest BCUT2D eigenvalue weighted by Gasteiger charge is 2.03. The van der Waals surface area contributed by atoms with Crippen LogP contribution in [-0.4, -0.2) is 27.6 Å². The van der Waals surface area contributed by atoms with Crippen molar-refractivity contribution in [2.24, 2.45) is 5.92 Å². The highest BCUT2D eigenvalue weighted by atomic mass is 16.1. The normalized spacial score (nSPS) is 10.6. The molecular formula is C10H18N4O. The lowest BCUT2D eigenvalue weighted by molar-refractivity contribution is -0.121. The van der Waals surface area contributed by atoms with Crippen molar-refractivity contribution < 1.29 is 4.79 Å². The third-order valence-electron chi connectivity index (χ3n) is 2.10. The van der Waals surface area contributed by atoms with E-state index >= 15 is 0 Å². The Labute approximate surface area is 89.7 Å². The van der Waals surface area contributed by atoms with Gasteiger partial charge in [-0.15, -0.1) is 0 Å². The van der Waals surface area contributed by atoms with E-state index < -0.39 is 0 Å². The molecule has 0 aliphatic heterocycles. The van der Waals surface area contributed by atoms with Crippen LogP contribution in [0.3, 0.4) is 0 Å². The molecule has 0 fully saturated rings. The lowest BCUT2D eigenvalue weighted by Gasteiger charge is -2.05. The van der Waals surface area contributed by atoms with Gasteiger partial charge in [-0.25, -0.2) is 4.98 Å². The first-order chi connectivity index (χ1) is 7.18. The number of nitrogens with one attached hydrogen (secondary N) is 2. The molecule has 0 radical (unpaired) electrons. The Hall–Kier alpha value is -1.39. The van der Waals surface area contributed by atoms with Crippen LogP contribution in [0.4, 0.5) is 0 Å². The molecule has 15 heavy (non-hydrogen) atoms. The minimum Gasteiger partial charge on any atom is -0.356 e. The summed E-state index contributed by atoms with van der Waals surface area (Å²) in [5.74, 6) is 1.49. The molecule has 84 valence electrons. The van der Waals surface area contributed by atoms with E-state index in [2.05, 4.69) is 34.3 Å². The number of H-pyrrole nitrogens is 1. The standard InChI is InChI=1S/C10H18N4O/c1-8(2)3-4-10(15)11-6-5-9-12-7-13-14-9/h7-8H,3-6H2,1-2H3,(H,11,15)(H,12,13,14). The molecular weight excluding hydrogens is 192 g/mol. The molecule has 0 spiro atoms. The zero-order valence-corrected chi connectivity index (χ0v) is 9.29. The van der Waals surface area contributed by atoms with E-state index in [0.29, 0.717) is 25.3 Å². The smallest absolute Gasteiger partial charge is 0.220 e. The first-order valence-corrected chi connectivity index (χ1v) is 5.29. The van der Waals surface area contributed by atoms with Gasteiger partial charge >= 0.3 is 0 Å². The molecule has 0 aliphatic rings. The molecule has 1 aromatic rings. The van der Waals surface area contributed by atoms with Gasteiger partial charge in [-0.2, -0.15) is 5.10 Å². The van der Waals surface area contributed by atoms with Crippen LogP contribution in [0.5, 0.6) is 0 Å². The number of aromatic nitrogens is 3. The Balaban J connectivity index is 2.07. The van der Waals surface area contributed by atoms with Crippen LogP contribution >= 0.6 is 0 Å². The van der Waals surface area contributed by atoms with Crippen molar-refractivity contribution >= 4 is 5.91 Å². The summed E-state index contributed by atoms with van der Waals surface area (Å²) in [6.45, 7) is 4.84. The zero-order valence-electron chi connectivity index (χ0n) is 9.29. The average Bonchev–Trinajstić information content (AvgIpc) is 2.67. The highest BCUT2D eigenvalue weighted by Crippen LogP contribution is 2.02. The number of hydrogen-bond acceptors (Lipinski definition) is 3. The van der Waals surface area contributed by atoms with Gasteiger partial charge in [0.25, 0.3) is 0 Å². The predicted molar refractivity (Wildman–Crippen MR) is 57.2 cm³/mol. The van der Waals surface area contributed by atoms with Gasteiger partial charge in [0.1, 0.15) is 12.2 Å². The van der Waals surface area contributed by atoms with Crippen LogP contribution in [0.2, 0.25) is 0 Å². The molecule has 1 amide bonds. The lowest BCUT2D eigenvalue weighted by atomic mass is 10.1. The maximum Gasteiger partial charge on any atom is 0.220 e. The second-order valence-electron chi connectivity index (χ2n) is 3.96. The van der Waals surface area contributed by atoms with Crippen LogP contribution in [0.25, 0.3) is 0 Å². The zero-order chi connectivity index (χ0) is 11.1. The molecule has 0 saturated carbocycles. The van der Waals surface area contributed by atoms with Crippen LogP contribution in [0.1, 0.15) is 32.5 Å². The van der Waals surface area contributed by atoms with E-state index in [1.807, 2.05) is 0 Å². The summed E-state index contributed by atoms with van der Waals surface area (Å²) in [5.41, 5.74) is 0. The summed E-state index contributed by atoms with van der Waals surface area (Å²) < 4.78 is 0. The summed E-state index contributed by atoms with van der Waals surface area (Å²) in [4.78, 5) is 15.3. The van der Waals surface area contributed by atoms with Crippen LogP contribution in [0.15, 0.2) is 6.33 Å². The number of carbonyl (C=O) groups excluding carboxylic acids is 1. The molecule has 2 N–H and O–H groups in total. The number of hydrogen-bond donors (Lipinski definition) is 2. The Bertz CT molecular complexity index is 282. The number of rotatable bonds is 6. The summed E-state index contributed by atoms with van der Waals surface area (Å²) >= 11 is 0. The molecule has 1 heterocycles.